The van der Waals surface area contributed by atoms with Crippen molar-refractivity contribution in [2.24, 2.45) is 5.92 Å². The van der Waals surface area contributed by atoms with Gasteiger partial charge in [0.2, 0.25) is 0 Å². The van der Waals surface area contributed by atoms with E-state index >= 15 is 0 Å². The maximum absolute atomic E-state index is 4.05. The minimum atomic E-state index is 0. The van der Waals surface area contributed by atoms with E-state index in [0.717, 1.165) is 35.4 Å². The van der Waals surface area contributed by atoms with Crippen molar-refractivity contribution in [3.05, 3.63) is 110 Å². The van der Waals surface area contributed by atoms with Gasteiger partial charge in [-0.15, -0.1) is 36.4 Å². The van der Waals surface area contributed by atoms with Crippen LogP contribution < -0.4 is 0 Å². The summed E-state index contributed by atoms with van der Waals surface area (Å²) in [5, 5.41) is 0. The Morgan fingerprint density at radius 2 is 1.74 bits per heavy atom. The molecular weight excluding hydrogens is 530 g/mol. The van der Waals surface area contributed by atoms with E-state index in [0.29, 0.717) is 5.92 Å². The normalized spacial score (nSPS) is 15.0. The molecule has 2 nitrogen and oxygen atoms in total. The van der Waals surface area contributed by atoms with Crippen LogP contribution in [0.1, 0.15) is 36.1 Å². The second kappa shape index (κ2) is 15.1. The third kappa shape index (κ3) is 9.30. The molecule has 1 aliphatic heterocycles. The van der Waals surface area contributed by atoms with Crippen molar-refractivity contribution in [1.82, 2.24) is 9.80 Å². The molecule has 4 heteroatoms. The van der Waals surface area contributed by atoms with Gasteiger partial charge in [-0.25, -0.2) is 12.5 Å². The fourth-order valence-electron chi connectivity index (χ4n) is 3.44. The number of allylic oxidation sites excluding steroid dienone is 1. The van der Waals surface area contributed by atoms with Crippen LogP contribution in [0.3, 0.4) is 0 Å². The number of rotatable bonds is 5. The number of likely N-dealkylation sites (N-methyl/N-ethyl adjacent to an activating group) is 1. The zero-order chi connectivity index (χ0) is 21.4. The van der Waals surface area contributed by atoms with E-state index in [1.54, 1.807) is 0 Å². The predicted molar refractivity (Wildman–Crippen MR) is 125 cm³/mol. The molecule has 0 amide bonds. The Balaban J connectivity index is 0.000000546. The Kier molecular flexibility index (Phi) is 14.7. The maximum atomic E-state index is 4.05. The van der Waals surface area contributed by atoms with Crippen LogP contribution in [0.5, 0.6) is 0 Å². The standard InChI is InChI=1S/C14H17N.C13H15N.2Y/c1-5-10-15(4)11-13(3)14-9-7-6-8-12(14)2;1-10-6-4-5-7-12(10)13-9-14(3)8-11(13)2;;/h5-9H,1-2,10H2,3-4H3;4-7,11H,1,8H2,2-3H3;;/q2*-2;;. The van der Waals surface area contributed by atoms with Crippen molar-refractivity contribution in [2.45, 2.75) is 13.8 Å². The van der Waals surface area contributed by atoms with Crippen LogP contribution in [-0.4, -0.2) is 37.0 Å². The summed E-state index contributed by atoms with van der Waals surface area (Å²) in [6.45, 7) is 17.9. The van der Waals surface area contributed by atoms with Gasteiger partial charge in [-0.05, 0) is 20.0 Å². The van der Waals surface area contributed by atoms with Gasteiger partial charge in [0.25, 0.3) is 0 Å². The Labute approximate surface area is 240 Å². The van der Waals surface area contributed by atoms with Crippen molar-refractivity contribution >= 4 is 11.1 Å². The zero-order valence-corrected chi connectivity index (χ0v) is 25.0. The molecule has 3 rings (SSSR count). The third-order valence-electron chi connectivity index (χ3n) is 4.84. The Morgan fingerprint density at radius 1 is 1.16 bits per heavy atom. The number of hydrogen-bond acceptors (Lipinski definition) is 2. The summed E-state index contributed by atoms with van der Waals surface area (Å²) in [5.41, 5.74) is 6.91. The van der Waals surface area contributed by atoms with Gasteiger partial charge in [-0.3, -0.25) is 0 Å². The number of nitrogens with zero attached hydrogens (tertiary/aromatic N) is 2. The van der Waals surface area contributed by atoms with Gasteiger partial charge >= 0.3 is 0 Å². The van der Waals surface area contributed by atoms with Crippen molar-refractivity contribution in [3.8, 4) is 0 Å². The average molecular weight is 562 g/mol. The quantitative estimate of drug-likeness (QED) is 0.261. The fourth-order valence-corrected chi connectivity index (χ4v) is 3.44. The molecule has 0 spiro atoms. The molecule has 160 valence electrons. The second-order valence-electron chi connectivity index (χ2n) is 7.53. The van der Waals surface area contributed by atoms with E-state index in [4.69, 9.17) is 0 Å². The van der Waals surface area contributed by atoms with Gasteiger partial charge < -0.3 is 9.80 Å². The van der Waals surface area contributed by atoms with Crippen LogP contribution in [0.4, 0.5) is 0 Å². The molecule has 2 radical (unpaired) electrons. The predicted octanol–water partition coefficient (Wildman–Crippen LogP) is 5.74. The maximum Gasteiger partial charge on any atom is 0.0179 e. The largest absolute Gasteiger partial charge is 0.465 e. The van der Waals surface area contributed by atoms with Crippen LogP contribution in [0.2, 0.25) is 0 Å². The number of hydrogen-bond donors (Lipinski definition) is 0. The molecule has 0 aliphatic carbocycles. The summed E-state index contributed by atoms with van der Waals surface area (Å²) in [4.78, 5) is 4.10. The van der Waals surface area contributed by atoms with E-state index in [-0.39, 0.29) is 65.4 Å². The van der Waals surface area contributed by atoms with Crippen LogP contribution >= 0.6 is 0 Å². The molecule has 1 atom stereocenters. The van der Waals surface area contributed by atoms with Crippen LogP contribution in [-0.2, 0) is 65.4 Å². The topological polar surface area (TPSA) is 6.48 Å². The Morgan fingerprint density at radius 3 is 2.26 bits per heavy atom. The Bertz CT molecular complexity index is 886. The van der Waals surface area contributed by atoms with E-state index in [9.17, 15) is 0 Å². The smallest absolute Gasteiger partial charge is 0.0179 e. The van der Waals surface area contributed by atoms with E-state index in [1.807, 2.05) is 49.2 Å². The molecule has 2 aromatic carbocycles. The van der Waals surface area contributed by atoms with Gasteiger partial charge in [0, 0.05) is 78.5 Å². The molecule has 1 aliphatic rings. The van der Waals surface area contributed by atoms with Crippen molar-refractivity contribution in [2.75, 3.05) is 27.2 Å². The molecule has 1 unspecified atom stereocenters. The molecule has 31 heavy (non-hydrogen) atoms. The first-order chi connectivity index (χ1) is 13.8. The molecule has 0 bridgehead atoms. The summed E-state index contributed by atoms with van der Waals surface area (Å²) in [6.07, 6.45) is 8.50. The van der Waals surface area contributed by atoms with Crippen molar-refractivity contribution in [3.63, 3.8) is 0 Å². The zero-order valence-electron chi connectivity index (χ0n) is 19.4. The SMILES string of the molecule is C=CCN(C)[C-]=C(C)c1ccccc1[CH2-].[CH2-]c1ccccc1C1=[C-]N(C)CC1C.[Y].[Y]. The molecule has 0 aromatic heterocycles. The van der Waals surface area contributed by atoms with Crippen molar-refractivity contribution < 1.29 is 65.4 Å². The van der Waals surface area contributed by atoms with E-state index in [1.165, 1.54) is 11.1 Å². The molecule has 2 aromatic rings. The summed E-state index contributed by atoms with van der Waals surface area (Å²) >= 11 is 0. The summed E-state index contributed by atoms with van der Waals surface area (Å²) in [7, 11) is 4.05. The minimum absolute atomic E-state index is 0. The Hall–Kier alpha value is -0.792. The molecule has 0 saturated carbocycles. The second-order valence-corrected chi connectivity index (χ2v) is 7.53. The first kappa shape index (κ1) is 30.2. The van der Waals surface area contributed by atoms with Gasteiger partial charge in [0.05, 0.1) is 0 Å². The van der Waals surface area contributed by atoms with Crippen LogP contribution in [0.25, 0.3) is 11.1 Å². The average Bonchev–Trinajstić information content (AvgIpc) is 3.01. The minimum Gasteiger partial charge on any atom is -0.465 e. The first-order valence-corrected chi connectivity index (χ1v) is 9.93. The molecule has 0 saturated heterocycles. The summed E-state index contributed by atoms with van der Waals surface area (Å²) < 4.78 is 0. The van der Waals surface area contributed by atoms with E-state index < -0.39 is 0 Å². The molecular formula is C27H32N2Y2-4. The monoisotopic (exact) mass is 562 g/mol. The summed E-state index contributed by atoms with van der Waals surface area (Å²) in [5.74, 6) is 0.558. The van der Waals surface area contributed by atoms with Crippen LogP contribution in [0.15, 0.2) is 61.2 Å². The fraction of sp³-hybridized carbons (Fsp3) is 0.259. The molecule has 0 N–H and O–H groups in total. The van der Waals surface area contributed by atoms with Gasteiger partial charge in [0.15, 0.2) is 0 Å². The molecule has 1 heterocycles. The third-order valence-corrected chi connectivity index (χ3v) is 4.84. The van der Waals surface area contributed by atoms with Gasteiger partial charge in [0.1, 0.15) is 0 Å². The van der Waals surface area contributed by atoms with Gasteiger partial charge in [-0.1, -0.05) is 32.1 Å². The van der Waals surface area contributed by atoms with Gasteiger partial charge in [-0.2, -0.15) is 53.7 Å². The first-order valence-electron chi connectivity index (χ1n) is 9.93. The number of benzene rings is 2. The molecule has 0 fully saturated rings. The van der Waals surface area contributed by atoms with E-state index in [2.05, 4.69) is 76.0 Å². The van der Waals surface area contributed by atoms with Crippen molar-refractivity contribution in [1.29, 1.82) is 0 Å². The van der Waals surface area contributed by atoms with Crippen LogP contribution in [0, 0.1) is 32.2 Å². The summed E-state index contributed by atoms with van der Waals surface area (Å²) in [6, 6.07) is 16.3.